The fourth-order valence-electron chi connectivity index (χ4n) is 2.01. The number of carbonyl (C=O) groups is 1. The zero-order valence-electron chi connectivity index (χ0n) is 11.6. The van der Waals surface area contributed by atoms with Crippen molar-refractivity contribution < 1.29 is 10.0 Å². The number of oxime groups is 1. The van der Waals surface area contributed by atoms with Crippen LogP contribution in [0.1, 0.15) is 22.6 Å². The van der Waals surface area contributed by atoms with E-state index in [0.29, 0.717) is 12.1 Å². The van der Waals surface area contributed by atoms with Crippen molar-refractivity contribution in [2.24, 2.45) is 10.9 Å². The van der Waals surface area contributed by atoms with Gasteiger partial charge in [0.2, 0.25) is 5.91 Å². The van der Waals surface area contributed by atoms with Crippen molar-refractivity contribution in [1.29, 1.82) is 0 Å². The Morgan fingerprint density at radius 3 is 2.67 bits per heavy atom. The Labute approximate surface area is 127 Å². The topological polar surface area (TPSA) is 87.7 Å². The van der Waals surface area contributed by atoms with Crippen LogP contribution in [0, 0.1) is 6.92 Å². The molecule has 0 fully saturated rings. The smallest absolute Gasteiger partial charge is 0.235 e. The molecule has 2 rings (SSSR count). The number of amidine groups is 1. The largest absolute Gasteiger partial charge is 0.409 e. The summed E-state index contributed by atoms with van der Waals surface area (Å²) in [5.74, 6) is -1.21. The van der Waals surface area contributed by atoms with Crippen LogP contribution in [-0.2, 0) is 11.3 Å². The van der Waals surface area contributed by atoms with Crippen LogP contribution < -0.4 is 11.1 Å². The van der Waals surface area contributed by atoms with Crippen molar-refractivity contribution >= 4 is 23.1 Å². The molecule has 1 heterocycles. The standard InChI is InChI=1S/C15H17N3O2S/c1-10-8-21-9-12(10)7-17-15(19)13(14(16)18-20)11-5-3-2-4-6-11/h2-6,8-9,13,20H,7H2,1H3,(H2,16,18)(H,17,19). The lowest BCUT2D eigenvalue weighted by molar-refractivity contribution is -0.121. The average molecular weight is 303 g/mol. The maximum atomic E-state index is 12.4. The van der Waals surface area contributed by atoms with E-state index in [9.17, 15) is 4.79 Å². The van der Waals surface area contributed by atoms with Crippen LogP contribution in [0.15, 0.2) is 46.2 Å². The van der Waals surface area contributed by atoms with E-state index in [2.05, 4.69) is 10.5 Å². The minimum absolute atomic E-state index is 0.124. The fourth-order valence-corrected chi connectivity index (χ4v) is 2.87. The molecule has 0 radical (unpaired) electrons. The molecule has 0 aliphatic heterocycles. The summed E-state index contributed by atoms with van der Waals surface area (Å²) in [4.78, 5) is 12.4. The molecule has 1 amide bonds. The maximum absolute atomic E-state index is 12.4. The maximum Gasteiger partial charge on any atom is 0.235 e. The van der Waals surface area contributed by atoms with Gasteiger partial charge in [0.1, 0.15) is 5.92 Å². The first-order valence-electron chi connectivity index (χ1n) is 6.45. The molecule has 2 aromatic rings. The second-order valence-corrected chi connectivity index (χ2v) is 5.41. The number of benzene rings is 1. The predicted octanol–water partition coefficient (Wildman–Crippen LogP) is 2.20. The number of nitrogens with zero attached hydrogens (tertiary/aromatic N) is 1. The van der Waals surface area contributed by atoms with E-state index in [4.69, 9.17) is 10.9 Å². The molecule has 0 saturated carbocycles. The van der Waals surface area contributed by atoms with Gasteiger partial charge in [-0.05, 0) is 34.4 Å². The summed E-state index contributed by atoms with van der Waals surface area (Å²) >= 11 is 1.59. The third-order valence-electron chi connectivity index (χ3n) is 3.22. The highest BCUT2D eigenvalue weighted by atomic mass is 32.1. The monoisotopic (exact) mass is 303 g/mol. The molecule has 1 atom stereocenters. The van der Waals surface area contributed by atoms with Gasteiger partial charge in [0, 0.05) is 6.54 Å². The number of nitrogens with two attached hydrogens (primary N) is 1. The van der Waals surface area contributed by atoms with E-state index >= 15 is 0 Å². The fraction of sp³-hybridized carbons (Fsp3) is 0.200. The van der Waals surface area contributed by atoms with Gasteiger partial charge in [-0.25, -0.2) is 0 Å². The molecule has 1 aromatic carbocycles. The average Bonchev–Trinajstić information content (AvgIpc) is 2.91. The van der Waals surface area contributed by atoms with Crippen molar-refractivity contribution in [2.45, 2.75) is 19.4 Å². The van der Waals surface area contributed by atoms with Crippen molar-refractivity contribution in [3.05, 3.63) is 57.8 Å². The Kier molecular flexibility index (Phi) is 4.94. The molecule has 21 heavy (non-hydrogen) atoms. The number of hydrogen-bond acceptors (Lipinski definition) is 4. The summed E-state index contributed by atoms with van der Waals surface area (Å²) in [5.41, 5.74) is 8.57. The van der Waals surface area contributed by atoms with Crippen LogP contribution in [0.2, 0.25) is 0 Å². The van der Waals surface area contributed by atoms with Crippen LogP contribution in [0.3, 0.4) is 0 Å². The summed E-state index contributed by atoms with van der Waals surface area (Å²) in [6.45, 7) is 2.42. The molecule has 0 bridgehead atoms. The van der Waals surface area contributed by atoms with Gasteiger partial charge >= 0.3 is 0 Å². The number of aryl methyl sites for hydroxylation is 1. The van der Waals surface area contributed by atoms with Crippen LogP contribution in [0.5, 0.6) is 0 Å². The number of amides is 1. The summed E-state index contributed by atoms with van der Waals surface area (Å²) in [5, 5.41) is 18.7. The molecular formula is C15H17N3O2S. The van der Waals surface area contributed by atoms with Gasteiger partial charge in [-0.1, -0.05) is 35.5 Å². The Balaban J connectivity index is 2.14. The molecule has 1 unspecified atom stereocenters. The zero-order valence-corrected chi connectivity index (χ0v) is 12.4. The lowest BCUT2D eigenvalue weighted by Gasteiger charge is -2.16. The SMILES string of the molecule is Cc1cscc1CNC(=O)C(/C(N)=N/O)c1ccccc1. The first-order chi connectivity index (χ1) is 10.1. The van der Waals surface area contributed by atoms with Gasteiger partial charge in [0.25, 0.3) is 0 Å². The predicted molar refractivity (Wildman–Crippen MR) is 83.5 cm³/mol. The van der Waals surface area contributed by atoms with Crippen LogP contribution in [-0.4, -0.2) is 17.0 Å². The number of carbonyl (C=O) groups excluding carboxylic acids is 1. The number of hydrogen-bond donors (Lipinski definition) is 3. The molecule has 0 saturated heterocycles. The number of nitrogens with one attached hydrogen (secondary N) is 1. The molecular weight excluding hydrogens is 286 g/mol. The van der Waals surface area contributed by atoms with E-state index < -0.39 is 5.92 Å². The van der Waals surface area contributed by atoms with Crippen molar-refractivity contribution in [2.75, 3.05) is 0 Å². The Morgan fingerprint density at radius 1 is 1.38 bits per heavy atom. The molecule has 1 aromatic heterocycles. The Morgan fingerprint density at radius 2 is 2.10 bits per heavy atom. The van der Waals surface area contributed by atoms with Crippen molar-refractivity contribution in [3.63, 3.8) is 0 Å². The van der Waals surface area contributed by atoms with Gasteiger partial charge in [-0.3, -0.25) is 4.79 Å². The lowest BCUT2D eigenvalue weighted by atomic mass is 9.97. The highest BCUT2D eigenvalue weighted by Gasteiger charge is 2.25. The Bertz CT molecular complexity index is 637. The summed E-state index contributed by atoms with van der Waals surface area (Å²) < 4.78 is 0. The molecule has 6 heteroatoms. The van der Waals surface area contributed by atoms with Crippen LogP contribution in [0.25, 0.3) is 0 Å². The van der Waals surface area contributed by atoms with Gasteiger partial charge in [0.05, 0.1) is 0 Å². The quantitative estimate of drug-likeness (QED) is 0.342. The summed E-state index contributed by atoms with van der Waals surface area (Å²) in [6.07, 6.45) is 0. The van der Waals surface area contributed by atoms with E-state index in [0.717, 1.165) is 11.1 Å². The van der Waals surface area contributed by atoms with E-state index in [-0.39, 0.29) is 11.7 Å². The molecule has 0 aliphatic carbocycles. The highest BCUT2D eigenvalue weighted by molar-refractivity contribution is 7.08. The number of rotatable bonds is 5. The third kappa shape index (κ3) is 3.61. The molecule has 0 spiro atoms. The Hall–Kier alpha value is -2.34. The van der Waals surface area contributed by atoms with Gasteiger partial charge < -0.3 is 16.3 Å². The summed E-state index contributed by atoms with van der Waals surface area (Å²) in [7, 11) is 0. The minimum Gasteiger partial charge on any atom is -0.409 e. The van der Waals surface area contributed by atoms with E-state index in [1.165, 1.54) is 0 Å². The van der Waals surface area contributed by atoms with Gasteiger partial charge in [-0.2, -0.15) is 11.3 Å². The zero-order chi connectivity index (χ0) is 15.2. The third-order valence-corrected chi connectivity index (χ3v) is 4.13. The molecule has 4 N–H and O–H groups in total. The first kappa shape index (κ1) is 15.1. The number of thiophene rings is 1. The molecule has 0 aliphatic rings. The normalized spacial score (nSPS) is 12.9. The molecule has 5 nitrogen and oxygen atoms in total. The van der Waals surface area contributed by atoms with Crippen molar-refractivity contribution in [3.8, 4) is 0 Å². The molecule has 110 valence electrons. The second-order valence-electron chi connectivity index (χ2n) is 4.67. The van der Waals surface area contributed by atoms with Crippen LogP contribution in [0.4, 0.5) is 0 Å². The van der Waals surface area contributed by atoms with Gasteiger partial charge in [-0.15, -0.1) is 0 Å². The van der Waals surface area contributed by atoms with E-state index in [1.807, 2.05) is 35.9 Å². The van der Waals surface area contributed by atoms with Crippen LogP contribution >= 0.6 is 11.3 Å². The summed E-state index contributed by atoms with van der Waals surface area (Å²) in [6, 6.07) is 9.02. The van der Waals surface area contributed by atoms with E-state index in [1.54, 1.807) is 23.5 Å². The highest BCUT2D eigenvalue weighted by Crippen LogP contribution is 2.17. The van der Waals surface area contributed by atoms with Gasteiger partial charge in [0.15, 0.2) is 5.84 Å². The lowest BCUT2D eigenvalue weighted by Crippen LogP contribution is -2.37. The van der Waals surface area contributed by atoms with Crippen molar-refractivity contribution in [1.82, 2.24) is 5.32 Å². The minimum atomic E-state index is -0.796. The first-order valence-corrected chi connectivity index (χ1v) is 7.39. The second kappa shape index (κ2) is 6.90.